The highest BCUT2D eigenvalue weighted by Crippen LogP contribution is 2.26. The summed E-state index contributed by atoms with van der Waals surface area (Å²) in [5, 5.41) is 0. The Hall–Kier alpha value is -1.65. The molecule has 94 valence electrons. The zero-order valence-electron chi connectivity index (χ0n) is 10.2. The number of hydrogen-bond donors (Lipinski definition) is 0. The first-order valence-electron chi connectivity index (χ1n) is 5.51. The van der Waals surface area contributed by atoms with Crippen LogP contribution in [0.4, 0.5) is 0 Å². The zero-order valence-corrected chi connectivity index (χ0v) is 11.0. The fourth-order valence-electron chi connectivity index (χ4n) is 1.80. The van der Waals surface area contributed by atoms with E-state index < -0.39 is 10.1 Å². The minimum absolute atomic E-state index is 0.191. The average Bonchev–Trinajstić information content (AvgIpc) is 2.29. The van der Waals surface area contributed by atoms with Gasteiger partial charge in [-0.3, -0.25) is 0 Å². The highest BCUT2D eigenvalue weighted by Gasteiger charge is 2.07. The molecular weight excluding hydrogens is 248 g/mol. The Balaban J connectivity index is 2.60. The lowest BCUT2D eigenvalue weighted by molar-refractivity contribution is 0.463. The topological polar surface area (TPSA) is 57.2 Å². The lowest BCUT2D eigenvalue weighted by Crippen LogP contribution is -1.99. The molecule has 0 unspecified atom stereocenters. The molecule has 0 heterocycles. The molecule has 0 aliphatic rings. The van der Waals surface area contributed by atoms with E-state index in [1.54, 1.807) is 6.07 Å². The summed E-state index contributed by atoms with van der Waals surface area (Å²) in [6, 6.07) is 12.2. The smallest absolute Gasteiger partial charge is 0.124 e. The van der Waals surface area contributed by atoms with Crippen LogP contribution in [-0.2, 0) is 10.1 Å². The first kappa shape index (κ1) is 12.8. The third kappa shape index (κ3) is 2.60. The molecule has 0 spiro atoms. The largest absolute Gasteiger partial charge is 0.744 e. The lowest BCUT2D eigenvalue weighted by atomic mass is 10.00. The van der Waals surface area contributed by atoms with Crippen LogP contribution in [0.3, 0.4) is 0 Å². The average molecular weight is 261 g/mol. The summed E-state index contributed by atoms with van der Waals surface area (Å²) < 4.78 is 33.1. The second-order valence-corrected chi connectivity index (χ2v) is 5.68. The lowest BCUT2D eigenvalue weighted by Gasteiger charge is -2.12. The third-order valence-electron chi connectivity index (χ3n) is 2.86. The fourth-order valence-corrected chi connectivity index (χ4v) is 2.30. The Bertz CT molecular complexity index is 671. The SMILES string of the molecule is Cc1ccc(-c2cc(S(=O)(=O)[O-])ccc2C)cc1. The van der Waals surface area contributed by atoms with Gasteiger partial charge in [0.05, 0.1) is 4.90 Å². The summed E-state index contributed by atoms with van der Waals surface area (Å²) in [4.78, 5) is -0.191. The van der Waals surface area contributed by atoms with Crippen LogP contribution in [0.2, 0.25) is 0 Å². The molecule has 2 rings (SSSR count). The molecule has 0 N–H and O–H groups in total. The standard InChI is InChI=1S/C14H14O3S/c1-10-3-6-12(7-4-10)14-9-13(18(15,16)17)8-5-11(14)2/h3-9H,1-2H3,(H,15,16,17)/p-1. The van der Waals surface area contributed by atoms with Crippen LogP contribution in [0.25, 0.3) is 11.1 Å². The molecule has 0 aliphatic heterocycles. The molecule has 0 saturated heterocycles. The summed E-state index contributed by atoms with van der Waals surface area (Å²) in [6.07, 6.45) is 0. The quantitative estimate of drug-likeness (QED) is 0.781. The van der Waals surface area contributed by atoms with E-state index in [-0.39, 0.29) is 4.90 Å². The van der Waals surface area contributed by atoms with Crippen LogP contribution in [0.1, 0.15) is 11.1 Å². The molecule has 0 fully saturated rings. The molecule has 0 saturated carbocycles. The van der Waals surface area contributed by atoms with E-state index in [1.165, 1.54) is 12.1 Å². The number of aryl methyl sites for hydroxylation is 2. The van der Waals surface area contributed by atoms with Crippen LogP contribution >= 0.6 is 0 Å². The van der Waals surface area contributed by atoms with Crippen molar-refractivity contribution in [3.8, 4) is 11.1 Å². The van der Waals surface area contributed by atoms with Gasteiger partial charge in [-0.05, 0) is 42.7 Å². The van der Waals surface area contributed by atoms with Crippen LogP contribution in [0.15, 0.2) is 47.4 Å². The zero-order chi connectivity index (χ0) is 13.3. The minimum Gasteiger partial charge on any atom is -0.744 e. The molecule has 4 heteroatoms. The van der Waals surface area contributed by atoms with Crippen molar-refractivity contribution in [1.82, 2.24) is 0 Å². The first-order chi connectivity index (χ1) is 8.38. The molecule has 0 atom stereocenters. The van der Waals surface area contributed by atoms with Crippen molar-refractivity contribution >= 4 is 10.1 Å². The van der Waals surface area contributed by atoms with E-state index in [4.69, 9.17) is 0 Å². The van der Waals surface area contributed by atoms with Crippen molar-refractivity contribution in [3.63, 3.8) is 0 Å². The summed E-state index contributed by atoms with van der Waals surface area (Å²) >= 11 is 0. The molecule has 0 bridgehead atoms. The van der Waals surface area contributed by atoms with Gasteiger partial charge < -0.3 is 4.55 Å². The van der Waals surface area contributed by atoms with Gasteiger partial charge in [-0.1, -0.05) is 35.9 Å². The predicted molar refractivity (Wildman–Crippen MR) is 69.3 cm³/mol. The van der Waals surface area contributed by atoms with Crippen molar-refractivity contribution in [3.05, 3.63) is 53.6 Å². The Morgan fingerprint density at radius 3 is 2.11 bits per heavy atom. The highest BCUT2D eigenvalue weighted by molar-refractivity contribution is 7.85. The molecule has 2 aromatic carbocycles. The third-order valence-corrected chi connectivity index (χ3v) is 3.69. The van der Waals surface area contributed by atoms with Gasteiger partial charge in [0.2, 0.25) is 0 Å². The Kier molecular flexibility index (Phi) is 3.24. The van der Waals surface area contributed by atoms with Gasteiger partial charge in [-0.2, -0.15) is 0 Å². The number of benzene rings is 2. The maximum Gasteiger partial charge on any atom is 0.124 e. The second-order valence-electron chi connectivity index (χ2n) is 4.30. The van der Waals surface area contributed by atoms with Gasteiger partial charge in [0.1, 0.15) is 10.1 Å². The van der Waals surface area contributed by atoms with Crippen LogP contribution in [0.5, 0.6) is 0 Å². The molecule has 0 aliphatic carbocycles. The predicted octanol–water partition coefficient (Wildman–Crippen LogP) is 2.87. The first-order valence-corrected chi connectivity index (χ1v) is 6.92. The van der Waals surface area contributed by atoms with E-state index in [1.807, 2.05) is 38.1 Å². The summed E-state index contributed by atoms with van der Waals surface area (Å²) in [5.74, 6) is 0. The molecular formula is C14H13O3S-. The molecule has 3 nitrogen and oxygen atoms in total. The van der Waals surface area contributed by atoms with Crippen molar-refractivity contribution in [1.29, 1.82) is 0 Å². The maximum atomic E-state index is 11.0. The highest BCUT2D eigenvalue weighted by atomic mass is 32.2. The van der Waals surface area contributed by atoms with Gasteiger partial charge in [-0.15, -0.1) is 0 Å². The normalized spacial score (nSPS) is 11.5. The van der Waals surface area contributed by atoms with Crippen molar-refractivity contribution in [2.24, 2.45) is 0 Å². The minimum atomic E-state index is -4.41. The molecule has 2 aromatic rings. The van der Waals surface area contributed by atoms with Crippen LogP contribution in [-0.4, -0.2) is 13.0 Å². The Morgan fingerprint density at radius 1 is 0.944 bits per heavy atom. The molecule has 18 heavy (non-hydrogen) atoms. The van der Waals surface area contributed by atoms with Crippen molar-refractivity contribution < 1.29 is 13.0 Å². The van der Waals surface area contributed by atoms with Gasteiger partial charge >= 0.3 is 0 Å². The van der Waals surface area contributed by atoms with Crippen molar-refractivity contribution in [2.45, 2.75) is 18.7 Å². The van der Waals surface area contributed by atoms with E-state index >= 15 is 0 Å². The Morgan fingerprint density at radius 2 is 1.56 bits per heavy atom. The van der Waals surface area contributed by atoms with E-state index in [2.05, 4.69) is 0 Å². The molecule has 0 aromatic heterocycles. The number of hydrogen-bond acceptors (Lipinski definition) is 3. The number of rotatable bonds is 2. The second kappa shape index (κ2) is 4.55. The molecule has 0 amide bonds. The van der Waals surface area contributed by atoms with Gasteiger partial charge in [0.15, 0.2) is 0 Å². The van der Waals surface area contributed by atoms with Gasteiger partial charge in [0, 0.05) is 0 Å². The van der Waals surface area contributed by atoms with Gasteiger partial charge in [0.25, 0.3) is 0 Å². The van der Waals surface area contributed by atoms with Crippen LogP contribution in [0, 0.1) is 13.8 Å². The maximum absolute atomic E-state index is 11.0. The monoisotopic (exact) mass is 261 g/mol. The summed E-state index contributed by atoms with van der Waals surface area (Å²) in [6.45, 7) is 3.87. The van der Waals surface area contributed by atoms with E-state index in [9.17, 15) is 13.0 Å². The fraction of sp³-hybridized carbons (Fsp3) is 0.143. The van der Waals surface area contributed by atoms with E-state index in [0.29, 0.717) is 0 Å². The van der Waals surface area contributed by atoms with Crippen LogP contribution < -0.4 is 0 Å². The van der Waals surface area contributed by atoms with Gasteiger partial charge in [-0.25, -0.2) is 8.42 Å². The Labute approximate surface area is 107 Å². The van der Waals surface area contributed by atoms with E-state index in [0.717, 1.165) is 22.3 Å². The molecule has 0 radical (unpaired) electrons. The van der Waals surface area contributed by atoms with Crippen molar-refractivity contribution in [2.75, 3.05) is 0 Å². The summed E-state index contributed by atoms with van der Waals surface area (Å²) in [7, 11) is -4.41. The summed E-state index contributed by atoms with van der Waals surface area (Å²) in [5.41, 5.74) is 3.74.